The van der Waals surface area contributed by atoms with Gasteiger partial charge in [-0.05, 0) is 37.3 Å². The third-order valence-corrected chi connectivity index (χ3v) is 5.78. The van der Waals surface area contributed by atoms with E-state index in [2.05, 4.69) is 31.2 Å². The zero-order valence-corrected chi connectivity index (χ0v) is 15.1. The van der Waals surface area contributed by atoms with E-state index in [4.69, 9.17) is 0 Å². The van der Waals surface area contributed by atoms with Gasteiger partial charge in [0.25, 0.3) is 0 Å². The summed E-state index contributed by atoms with van der Waals surface area (Å²) in [5.41, 5.74) is 1.09. The Morgan fingerprint density at radius 2 is 1.44 bits per heavy atom. The van der Waals surface area contributed by atoms with Crippen LogP contribution in [0.5, 0.6) is 0 Å². The number of carbonyl (C=O) groups excluding carboxylic acids is 2. The van der Waals surface area contributed by atoms with Gasteiger partial charge in [0, 0.05) is 11.8 Å². The topological polar surface area (TPSA) is 34.1 Å². The second-order valence-corrected chi connectivity index (χ2v) is 7.58. The van der Waals surface area contributed by atoms with Crippen LogP contribution in [0.1, 0.15) is 57.1 Å². The van der Waals surface area contributed by atoms with Crippen LogP contribution in [-0.2, 0) is 15.0 Å². The minimum Gasteiger partial charge on any atom is -0.300 e. The maximum atomic E-state index is 13.9. The van der Waals surface area contributed by atoms with E-state index < -0.39 is 10.8 Å². The molecule has 2 heteroatoms. The molecule has 1 aliphatic rings. The van der Waals surface area contributed by atoms with Crippen LogP contribution in [0, 0.1) is 5.41 Å². The summed E-state index contributed by atoms with van der Waals surface area (Å²) in [6.07, 6.45) is 3.80. The molecule has 1 saturated carbocycles. The van der Waals surface area contributed by atoms with Gasteiger partial charge in [0.2, 0.25) is 0 Å². The Morgan fingerprint density at radius 1 is 0.920 bits per heavy atom. The van der Waals surface area contributed by atoms with E-state index in [1.165, 1.54) is 0 Å². The van der Waals surface area contributed by atoms with E-state index in [-0.39, 0.29) is 11.6 Å². The Labute approximate surface area is 150 Å². The summed E-state index contributed by atoms with van der Waals surface area (Å²) in [6.45, 7) is 3.66. The van der Waals surface area contributed by atoms with Gasteiger partial charge >= 0.3 is 0 Å². The number of Topliss-reactive ketones (excluding diaryl/α,β-unsaturated/α-hetero) is 2. The Bertz CT molecular complexity index is 709. The summed E-state index contributed by atoms with van der Waals surface area (Å²) in [5, 5.41) is 0. The number of rotatable bonds is 5. The van der Waals surface area contributed by atoms with Crippen LogP contribution in [0.2, 0.25) is 0 Å². The fourth-order valence-corrected chi connectivity index (χ4v) is 4.34. The second-order valence-electron chi connectivity index (χ2n) is 7.58. The van der Waals surface area contributed by atoms with Crippen LogP contribution < -0.4 is 0 Å². The lowest BCUT2D eigenvalue weighted by Crippen LogP contribution is -2.49. The van der Waals surface area contributed by atoms with Crippen LogP contribution in [0.3, 0.4) is 0 Å². The molecule has 0 radical (unpaired) electrons. The summed E-state index contributed by atoms with van der Waals surface area (Å²) in [7, 11) is 0. The van der Waals surface area contributed by atoms with Gasteiger partial charge in [0.1, 0.15) is 5.78 Å². The SMILES string of the molecule is CC(=O)CCC1(C)CCCC(c2ccccc2)(c2ccccc2)C1=O. The fourth-order valence-electron chi connectivity index (χ4n) is 4.34. The van der Waals surface area contributed by atoms with Crippen molar-refractivity contribution in [2.75, 3.05) is 0 Å². The first-order valence-electron chi connectivity index (χ1n) is 9.14. The number of benzene rings is 2. The van der Waals surface area contributed by atoms with Crippen LogP contribution in [-0.4, -0.2) is 11.6 Å². The molecule has 0 N–H and O–H groups in total. The van der Waals surface area contributed by atoms with E-state index in [0.717, 1.165) is 30.4 Å². The molecule has 0 bridgehead atoms. The lowest BCUT2D eigenvalue weighted by atomic mass is 9.55. The lowest BCUT2D eigenvalue weighted by Gasteiger charge is -2.45. The fraction of sp³-hybridized carbons (Fsp3) is 0.391. The molecule has 1 fully saturated rings. The van der Waals surface area contributed by atoms with Crippen LogP contribution in [0.25, 0.3) is 0 Å². The highest BCUT2D eigenvalue weighted by Gasteiger charge is 2.52. The Balaban J connectivity index is 2.11. The normalized spacial score (nSPS) is 22.6. The number of hydrogen-bond donors (Lipinski definition) is 0. The minimum absolute atomic E-state index is 0.157. The molecule has 2 aromatic rings. The van der Waals surface area contributed by atoms with E-state index in [1.54, 1.807) is 6.92 Å². The van der Waals surface area contributed by atoms with Crippen molar-refractivity contribution < 1.29 is 9.59 Å². The quantitative estimate of drug-likeness (QED) is 0.762. The second kappa shape index (κ2) is 6.95. The molecule has 1 unspecified atom stereocenters. The largest absolute Gasteiger partial charge is 0.300 e. The molecule has 0 saturated heterocycles. The number of carbonyl (C=O) groups is 2. The highest BCUT2D eigenvalue weighted by Crippen LogP contribution is 2.50. The Hall–Kier alpha value is -2.22. The average molecular weight is 334 g/mol. The highest BCUT2D eigenvalue weighted by molar-refractivity contribution is 5.99. The van der Waals surface area contributed by atoms with E-state index in [9.17, 15) is 9.59 Å². The molecule has 130 valence electrons. The first-order chi connectivity index (χ1) is 12.0. The van der Waals surface area contributed by atoms with Crippen molar-refractivity contribution in [3.8, 4) is 0 Å². The Kier molecular flexibility index (Phi) is 4.89. The van der Waals surface area contributed by atoms with E-state index in [0.29, 0.717) is 12.8 Å². The average Bonchev–Trinajstić information content (AvgIpc) is 2.64. The molecule has 0 aromatic heterocycles. The summed E-state index contributed by atoms with van der Waals surface area (Å²) >= 11 is 0. The molecular weight excluding hydrogens is 308 g/mol. The van der Waals surface area contributed by atoms with Crippen molar-refractivity contribution in [2.45, 2.75) is 51.4 Å². The molecule has 0 aliphatic heterocycles. The van der Waals surface area contributed by atoms with Crippen LogP contribution in [0.4, 0.5) is 0 Å². The van der Waals surface area contributed by atoms with Gasteiger partial charge in [-0.15, -0.1) is 0 Å². The van der Waals surface area contributed by atoms with Crippen molar-refractivity contribution in [3.05, 3.63) is 71.8 Å². The molecule has 3 rings (SSSR count). The third kappa shape index (κ3) is 3.18. The predicted molar refractivity (Wildman–Crippen MR) is 101 cm³/mol. The van der Waals surface area contributed by atoms with Gasteiger partial charge in [-0.1, -0.05) is 74.0 Å². The number of hydrogen-bond acceptors (Lipinski definition) is 2. The standard InChI is InChI=1S/C23H26O2/c1-18(24)14-17-22(2)15-9-16-23(21(22)25,19-10-5-3-6-11-19)20-12-7-4-8-13-20/h3-8,10-13H,9,14-17H2,1-2H3. The minimum atomic E-state index is -0.605. The molecule has 1 aliphatic carbocycles. The Morgan fingerprint density at radius 3 is 1.92 bits per heavy atom. The van der Waals surface area contributed by atoms with Crippen molar-refractivity contribution in [1.29, 1.82) is 0 Å². The van der Waals surface area contributed by atoms with Gasteiger partial charge in [0.15, 0.2) is 5.78 Å². The van der Waals surface area contributed by atoms with Gasteiger partial charge in [-0.25, -0.2) is 0 Å². The lowest BCUT2D eigenvalue weighted by molar-refractivity contribution is -0.136. The predicted octanol–water partition coefficient (Wildman–Crippen LogP) is 5.10. The molecule has 1 atom stereocenters. The molecule has 2 nitrogen and oxygen atoms in total. The van der Waals surface area contributed by atoms with Gasteiger partial charge in [-0.3, -0.25) is 4.79 Å². The van der Waals surface area contributed by atoms with Crippen molar-refractivity contribution in [3.63, 3.8) is 0 Å². The van der Waals surface area contributed by atoms with Crippen molar-refractivity contribution >= 4 is 11.6 Å². The third-order valence-electron chi connectivity index (χ3n) is 5.78. The van der Waals surface area contributed by atoms with Crippen molar-refractivity contribution in [2.24, 2.45) is 5.41 Å². The van der Waals surface area contributed by atoms with E-state index in [1.807, 2.05) is 36.4 Å². The zero-order valence-electron chi connectivity index (χ0n) is 15.1. The van der Waals surface area contributed by atoms with Gasteiger partial charge < -0.3 is 4.79 Å². The van der Waals surface area contributed by atoms with E-state index >= 15 is 0 Å². The van der Waals surface area contributed by atoms with Crippen LogP contribution in [0.15, 0.2) is 60.7 Å². The summed E-state index contributed by atoms with van der Waals surface area (Å²) in [4.78, 5) is 25.4. The van der Waals surface area contributed by atoms with Crippen molar-refractivity contribution in [1.82, 2.24) is 0 Å². The first-order valence-corrected chi connectivity index (χ1v) is 9.14. The first kappa shape index (κ1) is 17.6. The maximum Gasteiger partial charge on any atom is 0.153 e. The molecular formula is C23H26O2. The molecule has 2 aromatic carbocycles. The number of ketones is 2. The van der Waals surface area contributed by atoms with Gasteiger partial charge in [-0.2, -0.15) is 0 Å². The molecule has 25 heavy (non-hydrogen) atoms. The smallest absolute Gasteiger partial charge is 0.153 e. The molecule has 0 heterocycles. The maximum absolute atomic E-state index is 13.9. The monoisotopic (exact) mass is 334 g/mol. The zero-order chi connectivity index (χ0) is 17.9. The molecule has 0 amide bonds. The summed E-state index contributed by atoms with van der Waals surface area (Å²) in [6, 6.07) is 20.3. The summed E-state index contributed by atoms with van der Waals surface area (Å²) in [5.74, 6) is 0.425. The molecule has 0 spiro atoms. The van der Waals surface area contributed by atoms with Gasteiger partial charge in [0.05, 0.1) is 5.41 Å². The summed E-state index contributed by atoms with van der Waals surface area (Å²) < 4.78 is 0. The van der Waals surface area contributed by atoms with Crippen LogP contribution >= 0.6 is 0 Å². The highest BCUT2D eigenvalue weighted by atomic mass is 16.1.